The molecule has 0 aliphatic carbocycles. The number of carbonyl (C=O) groups excluding carboxylic acids is 2. The zero-order valence-electron chi connectivity index (χ0n) is 20.0. The highest BCUT2D eigenvalue weighted by Crippen LogP contribution is 2.60. The van der Waals surface area contributed by atoms with Gasteiger partial charge in [-0.25, -0.2) is 4.79 Å². The van der Waals surface area contributed by atoms with Crippen LogP contribution in [0.1, 0.15) is 36.1 Å². The number of thioether (sulfide) groups is 1. The highest BCUT2D eigenvalue weighted by Gasteiger charge is 2.63. The summed E-state index contributed by atoms with van der Waals surface area (Å²) in [5.41, 5.74) is 5.73. The molecular weight excluding hydrogens is 442 g/mol. The maximum Gasteiger partial charge on any atom is 0.323 e. The van der Waals surface area contributed by atoms with Crippen molar-refractivity contribution < 1.29 is 9.59 Å². The van der Waals surface area contributed by atoms with Gasteiger partial charge in [0.25, 0.3) is 5.91 Å². The second-order valence-electron chi connectivity index (χ2n) is 9.79. The van der Waals surface area contributed by atoms with Crippen LogP contribution >= 0.6 is 11.8 Å². The molecule has 174 valence electrons. The number of nitrogens with zero attached hydrogens (tertiary/aromatic N) is 2. The zero-order valence-corrected chi connectivity index (χ0v) is 20.8. The number of nitrogens with one attached hydrogen (secondary N) is 1. The highest BCUT2D eigenvalue weighted by molar-refractivity contribution is 8.02. The van der Waals surface area contributed by atoms with E-state index in [1.54, 1.807) is 16.7 Å². The number of hydrogen-bond donors (Lipinski definition) is 1. The van der Waals surface area contributed by atoms with E-state index in [1.165, 1.54) is 0 Å². The molecule has 0 unspecified atom stereocenters. The average Bonchev–Trinajstić information content (AvgIpc) is 3.22. The molecule has 2 heterocycles. The van der Waals surface area contributed by atoms with Crippen molar-refractivity contribution in [2.45, 2.75) is 43.9 Å². The third-order valence-electron chi connectivity index (χ3n) is 6.42. The Balaban J connectivity index is 1.58. The largest absolute Gasteiger partial charge is 0.323 e. The first-order valence-corrected chi connectivity index (χ1v) is 12.3. The first kappa shape index (κ1) is 22.5. The van der Waals surface area contributed by atoms with Crippen molar-refractivity contribution in [2.24, 2.45) is 0 Å². The third kappa shape index (κ3) is 3.76. The minimum Gasteiger partial charge on any atom is -0.308 e. The van der Waals surface area contributed by atoms with Gasteiger partial charge in [0, 0.05) is 22.5 Å². The molecule has 1 saturated heterocycles. The van der Waals surface area contributed by atoms with Crippen LogP contribution in [0.3, 0.4) is 0 Å². The van der Waals surface area contributed by atoms with Crippen LogP contribution in [0.5, 0.6) is 0 Å². The quantitative estimate of drug-likeness (QED) is 0.505. The predicted octanol–water partition coefficient (Wildman–Crippen LogP) is 6.06. The van der Waals surface area contributed by atoms with E-state index < -0.39 is 4.87 Å². The van der Waals surface area contributed by atoms with E-state index in [0.717, 1.165) is 33.6 Å². The molecule has 2 aliphatic rings. The van der Waals surface area contributed by atoms with Gasteiger partial charge in [0.1, 0.15) is 0 Å². The van der Waals surface area contributed by atoms with Crippen LogP contribution in [0, 0.1) is 13.8 Å². The van der Waals surface area contributed by atoms with E-state index in [-0.39, 0.29) is 16.7 Å². The van der Waals surface area contributed by atoms with E-state index in [2.05, 4.69) is 25.2 Å². The van der Waals surface area contributed by atoms with E-state index in [1.807, 2.05) is 85.5 Å². The summed E-state index contributed by atoms with van der Waals surface area (Å²) in [6.07, 6.45) is 0. The van der Waals surface area contributed by atoms with Gasteiger partial charge in [-0.2, -0.15) is 0 Å². The number of urea groups is 1. The van der Waals surface area contributed by atoms with E-state index in [4.69, 9.17) is 0 Å². The Labute approximate surface area is 205 Å². The van der Waals surface area contributed by atoms with Gasteiger partial charge in [0.05, 0.1) is 12.2 Å². The fourth-order valence-corrected chi connectivity index (χ4v) is 6.59. The maximum absolute atomic E-state index is 14.3. The topological polar surface area (TPSA) is 52.7 Å². The van der Waals surface area contributed by atoms with Crippen LogP contribution in [0.2, 0.25) is 0 Å². The molecule has 0 saturated carbocycles. The first-order chi connectivity index (χ1) is 16.2. The smallest absolute Gasteiger partial charge is 0.308 e. The average molecular weight is 472 g/mol. The first-order valence-electron chi connectivity index (χ1n) is 11.5. The Morgan fingerprint density at radius 3 is 2.35 bits per heavy atom. The lowest BCUT2D eigenvalue weighted by molar-refractivity contribution is -0.123. The van der Waals surface area contributed by atoms with Crippen LogP contribution < -0.4 is 10.2 Å². The summed E-state index contributed by atoms with van der Waals surface area (Å²) in [5.74, 6) is -0.0633. The summed E-state index contributed by atoms with van der Waals surface area (Å²) in [4.78, 5) is 30.4. The van der Waals surface area contributed by atoms with Gasteiger partial charge in [0.2, 0.25) is 0 Å². The summed E-state index contributed by atoms with van der Waals surface area (Å²) in [6.45, 7) is 9.17. The molecule has 0 bridgehead atoms. The molecule has 3 aromatic rings. The van der Waals surface area contributed by atoms with Crippen molar-refractivity contribution in [1.82, 2.24) is 4.90 Å². The second-order valence-corrected chi connectivity index (χ2v) is 11.7. The molecule has 3 amide bonds. The molecule has 0 radical (unpaired) electrons. The number of amides is 3. The van der Waals surface area contributed by atoms with Crippen molar-refractivity contribution in [3.05, 3.63) is 95.1 Å². The van der Waals surface area contributed by atoms with Crippen LogP contribution in [0.25, 0.3) is 0 Å². The van der Waals surface area contributed by atoms with Gasteiger partial charge in [-0.05, 0) is 51.5 Å². The molecule has 1 N–H and O–H groups in total. The van der Waals surface area contributed by atoms with Crippen molar-refractivity contribution in [1.29, 1.82) is 0 Å². The molecule has 2 aliphatic heterocycles. The normalized spacial score (nSPS) is 20.6. The lowest BCUT2D eigenvalue weighted by atomic mass is 10.0. The summed E-state index contributed by atoms with van der Waals surface area (Å²) in [6, 6.07) is 23.6. The number of anilines is 2. The summed E-state index contributed by atoms with van der Waals surface area (Å²) in [7, 11) is 0. The number of hydrogen-bond acceptors (Lipinski definition) is 3. The Bertz CT molecular complexity index is 1260. The minimum atomic E-state index is -1.10. The highest BCUT2D eigenvalue weighted by atomic mass is 32.2. The fourth-order valence-electron chi connectivity index (χ4n) is 4.87. The van der Waals surface area contributed by atoms with Gasteiger partial charge in [-0.3, -0.25) is 9.69 Å². The lowest BCUT2D eigenvalue weighted by Gasteiger charge is -2.33. The summed E-state index contributed by atoms with van der Waals surface area (Å²) in [5, 5.41) is 3.03. The van der Waals surface area contributed by atoms with Crippen LogP contribution in [-0.2, 0) is 16.2 Å². The lowest BCUT2D eigenvalue weighted by Crippen LogP contribution is -2.51. The molecule has 0 aromatic heterocycles. The minimum absolute atomic E-state index is 0.0633. The Hall–Kier alpha value is -3.25. The van der Waals surface area contributed by atoms with Gasteiger partial charge >= 0.3 is 6.03 Å². The van der Waals surface area contributed by atoms with E-state index in [0.29, 0.717) is 13.1 Å². The van der Waals surface area contributed by atoms with Gasteiger partial charge < -0.3 is 10.2 Å². The van der Waals surface area contributed by atoms with Crippen molar-refractivity contribution in [2.75, 3.05) is 16.8 Å². The third-order valence-corrected chi connectivity index (χ3v) is 8.01. The van der Waals surface area contributed by atoms with Crippen molar-refractivity contribution in [3.63, 3.8) is 0 Å². The molecule has 1 atom stereocenters. The zero-order chi connectivity index (χ0) is 24.1. The van der Waals surface area contributed by atoms with Crippen molar-refractivity contribution in [3.8, 4) is 0 Å². The Morgan fingerprint density at radius 2 is 1.65 bits per heavy atom. The van der Waals surface area contributed by atoms with Gasteiger partial charge in [-0.1, -0.05) is 65.7 Å². The molecule has 1 fully saturated rings. The Morgan fingerprint density at radius 1 is 0.971 bits per heavy atom. The van der Waals surface area contributed by atoms with E-state index >= 15 is 0 Å². The molecule has 34 heavy (non-hydrogen) atoms. The van der Waals surface area contributed by atoms with Crippen LogP contribution in [-0.4, -0.2) is 28.1 Å². The molecule has 5 rings (SSSR count). The second kappa shape index (κ2) is 8.20. The predicted molar refractivity (Wildman–Crippen MR) is 139 cm³/mol. The standard InChI is InChI=1S/C28H29N3O2S/c1-19-10-13-22(14-11-19)29-26(33)31-18-27(3,4)34-28(31)23-16-20(2)12-15-24(23)30(25(28)32)17-21-8-6-5-7-9-21/h5-16H,17-18H2,1-4H3,(H,29,33)/t28-/m0/s1. The maximum atomic E-state index is 14.3. The van der Waals surface area contributed by atoms with Gasteiger partial charge in [-0.15, -0.1) is 11.8 Å². The molecule has 3 aromatic carbocycles. The summed E-state index contributed by atoms with van der Waals surface area (Å²) < 4.78 is -0.288. The van der Waals surface area contributed by atoms with E-state index in [9.17, 15) is 9.59 Å². The molecule has 6 heteroatoms. The number of rotatable bonds is 3. The monoisotopic (exact) mass is 471 g/mol. The SMILES string of the molecule is Cc1ccc(NC(=O)N2CC(C)(C)S[C@@]23C(=O)N(Cc2ccccc2)c2ccc(C)cc23)cc1. The molecular formula is C28H29N3O2S. The number of carbonyl (C=O) groups is 2. The number of fused-ring (bicyclic) bond motifs is 2. The number of benzene rings is 3. The van der Waals surface area contributed by atoms with Crippen LogP contribution in [0.4, 0.5) is 16.2 Å². The Kier molecular flexibility index (Phi) is 5.44. The number of aryl methyl sites for hydroxylation is 2. The van der Waals surface area contributed by atoms with Crippen LogP contribution in [0.15, 0.2) is 72.8 Å². The molecule has 1 spiro atoms. The fraction of sp³-hybridized carbons (Fsp3) is 0.286. The molecule has 5 nitrogen and oxygen atoms in total. The van der Waals surface area contributed by atoms with Crippen molar-refractivity contribution >= 4 is 35.1 Å². The summed E-state index contributed by atoms with van der Waals surface area (Å²) >= 11 is 1.57. The van der Waals surface area contributed by atoms with Gasteiger partial charge in [0.15, 0.2) is 4.87 Å².